The molecule has 0 saturated carbocycles. The quantitative estimate of drug-likeness (QED) is 0.460. The number of aliphatic imine (C=N–C) groups is 1. The third-order valence-electron chi connectivity index (χ3n) is 1.32. The Labute approximate surface area is 61.3 Å². The molecule has 0 rings (SSSR count). The second-order valence-corrected chi connectivity index (χ2v) is 2.40. The Kier molecular flexibility index (Phi) is 3.69. The highest BCUT2D eigenvalue weighted by Gasteiger charge is 2.07. The summed E-state index contributed by atoms with van der Waals surface area (Å²) in [6.07, 6.45) is 0.815. The molecule has 0 heterocycles. The van der Waals surface area contributed by atoms with E-state index in [2.05, 4.69) is 4.99 Å². The Balaban J connectivity index is 3.97. The van der Waals surface area contributed by atoms with E-state index in [1.807, 2.05) is 13.8 Å². The lowest BCUT2D eigenvalue weighted by Crippen LogP contribution is -2.13. The fraction of sp³-hybridized carbons (Fsp3) is 0.714. The fourth-order valence-corrected chi connectivity index (χ4v) is 0.459. The molecule has 0 saturated heterocycles. The average molecular weight is 142 g/mol. The number of nitrogens with two attached hydrogens (primary N) is 1. The van der Waals surface area contributed by atoms with Crippen molar-refractivity contribution in [2.45, 2.75) is 27.2 Å². The van der Waals surface area contributed by atoms with Crippen LogP contribution in [0.25, 0.3) is 0 Å². The van der Waals surface area contributed by atoms with E-state index in [0.717, 1.165) is 6.42 Å². The summed E-state index contributed by atoms with van der Waals surface area (Å²) < 4.78 is 0. The molecular weight excluding hydrogens is 128 g/mol. The molecule has 0 bridgehead atoms. The van der Waals surface area contributed by atoms with Gasteiger partial charge in [0.05, 0.1) is 5.84 Å². The molecule has 0 radical (unpaired) electrons. The summed E-state index contributed by atoms with van der Waals surface area (Å²) in [7, 11) is 0. The van der Waals surface area contributed by atoms with E-state index in [1.165, 1.54) is 0 Å². The van der Waals surface area contributed by atoms with E-state index in [-0.39, 0.29) is 11.8 Å². The van der Waals surface area contributed by atoms with E-state index in [1.54, 1.807) is 6.92 Å². The van der Waals surface area contributed by atoms with Gasteiger partial charge < -0.3 is 5.73 Å². The molecule has 0 aromatic rings. The number of rotatable bonds is 2. The maximum absolute atomic E-state index is 10.9. The highest BCUT2D eigenvalue weighted by Crippen LogP contribution is 2.02. The van der Waals surface area contributed by atoms with Crippen LogP contribution >= 0.6 is 0 Å². The van der Waals surface area contributed by atoms with Gasteiger partial charge in [-0.15, -0.1) is 0 Å². The molecular formula is C7H14N2O. The van der Waals surface area contributed by atoms with Gasteiger partial charge in [0.2, 0.25) is 5.91 Å². The summed E-state index contributed by atoms with van der Waals surface area (Å²) >= 11 is 0. The highest BCUT2D eigenvalue weighted by atomic mass is 16.1. The maximum atomic E-state index is 10.9. The SMILES string of the molecule is CCC(C)C(=O)N=C(C)N. The topological polar surface area (TPSA) is 55.5 Å². The van der Waals surface area contributed by atoms with E-state index < -0.39 is 0 Å². The fourth-order valence-electron chi connectivity index (χ4n) is 0.459. The van der Waals surface area contributed by atoms with Crippen LogP contribution in [0, 0.1) is 5.92 Å². The van der Waals surface area contributed by atoms with Gasteiger partial charge in [-0.3, -0.25) is 4.79 Å². The zero-order chi connectivity index (χ0) is 8.15. The molecule has 0 fully saturated rings. The van der Waals surface area contributed by atoms with E-state index in [0.29, 0.717) is 5.84 Å². The van der Waals surface area contributed by atoms with Crippen LogP contribution in [0.4, 0.5) is 0 Å². The molecule has 1 atom stereocenters. The monoisotopic (exact) mass is 142 g/mol. The summed E-state index contributed by atoms with van der Waals surface area (Å²) in [5.74, 6) is 0.214. The van der Waals surface area contributed by atoms with Crippen LogP contribution in [0.3, 0.4) is 0 Å². The van der Waals surface area contributed by atoms with Gasteiger partial charge in [-0.1, -0.05) is 13.8 Å². The first-order valence-corrected chi connectivity index (χ1v) is 3.42. The third-order valence-corrected chi connectivity index (χ3v) is 1.32. The molecule has 0 aromatic heterocycles. The summed E-state index contributed by atoms with van der Waals surface area (Å²) in [5.41, 5.74) is 5.21. The Morgan fingerprint density at radius 2 is 2.20 bits per heavy atom. The first kappa shape index (κ1) is 9.14. The van der Waals surface area contributed by atoms with Gasteiger partial charge in [0.15, 0.2) is 0 Å². The van der Waals surface area contributed by atoms with Crippen LogP contribution in [0.15, 0.2) is 4.99 Å². The number of nitrogens with zero attached hydrogens (tertiary/aromatic N) is 1. The molecule has 0 aliphatic heterocycles. The highest BCUT2D eigenvalue weighted by molar-refractivity contribution is 5.93. The third kappa shape index (κ3) is 3.22. The van der Waals surface area contributed by atoms with Crippen molar-refractivity contribution in [1.82, 2.24) is 0 Å². The molecule has 1 amide bonds. The van der Waals surface area contributed by atoms with E-state index in [4.69, 9.17) is 5.73 Å². The minimum atomic E-state index is -0.123. The predicted octanol–water partition coefficient (Wildman–Crippen LogP) is 0.936. The van der Waals surface area contributed by atoms with Gasteiger partial charge in [0.25, 0.3) is 0 Å². The first-order valence-electron chi connectivity index (χ1n) is 3.42. The molecule has 3 nitrogen and oxygen atoms in total. The molecule has 0 aromatic carbocycles. The van der Waals surface area contributed by atoms with Gasteiger partial charge in [-0.05, 0) is 13.3 Å². The zero-order valence-corrected chi connectivity index (χ0v) is 6.72. The van der Waals surface area contributed by atoms with Gasteiger partial charge in [0, 0.05) is 5.92 Å². The molecule has 0 spiro atoms. The number of carbonyl (C=O) groups is 1. The summed E-state index contributed by atoms with van der Waals surface area (Å²) in [6.45, 7) is 5.40. The zero-order valence-electron chi connectivity index (χ0n) is 6.72. The lowest BCUT2D eigenvalue weighted by atomic mass is 10.1. The first-order chi connectivity index (χ1) is 4.57. The number of amides is 1. The lowest BCUT2D eigenvalue weighted by Gasteiger charge is -2.00. The van der Waals surface area contributed by atoms with Gasteiger partial charge in [-0.25, -0.2) is 4.99 Å². The predicted molar refractivity (Wildman–Crippen MR) is 41.8 cm³/mol. The minimum absolute atomic E-state index is 0.00139. The van der Waals surface area contributed by atoms with Crippen LogP contribution in [0.5, 0.6) is 0 Å². The van der Waals surface area contributed by atoms with Crippen molar-refractivity contribution >= 4 is 11.7 Å². The van der Waals surface area contributed by atoms with Crippen molar-refractivity contribution in [3.63, 3.8) is 0 Å². The molecule has 3 heteroatoms. The van der Waals surface area contributed by atoms with Gasteiger partial charge in [0.1, 0.15) is 0 Å². The molecule has 0 aliphatic carbocycles. The number of carbonyl (C=O) groups excluding carboxylic acids is 1. The number of hydrogen-bond donors (Lipinski definition) is 1. The molecule has 0 aliphatic rings. The largest absolute Gasteiger partial charge is 0.387 e. The molecule has 2 N–H and O–H groups in total. The van der Waals surface area contributed by atoms with Crippen LogP contribution in [-0.2, 0) is 4.79 Å². The summed E-state index contributed by atoms with van der Waals surface area (Å²) in [5, 5.41) is 0. The number of amidine groups is 1. The van der Waals surface area contributed by atoms with Crippen LogP contribution < -0.4 is 5.73 Å². The van der Waals surface area contributed by atoms with Crippen molar-refractivity contribution in [2.24, 2.45) is 16.6 Å². The summed E-state index contributed by atoms with van der Waals surface area (Å²) in [4.78, 5) is 14.5. The van der Waals surface area contributed by atoms with Crippen molar-refractivity contribution < 1.29 is 4.79 Å². The Hall–Kier alpha value is -0.860. The van der Waals surface area contributed by atoms with Crippen molar-refractivity contribution in [3.05, 3.63) is 0 Å². The normalized spacial score (nSPS) is 14.9. The van der Waals surface area contributed by atoms with E-state index in [9.17, 15) is 4.79 Å². The number of hydrogen-bond acceptors (Lipinski definition) is 1. The Bertz CT molecular complexity index is 148. The van der Waals surface area contributed by atoms with Crippen LogP contribution in [-0.4, -0.2) is 11.7 Å². The second-order valence-electron chi connectivity index (χ2n) is 2.40. The standard InChI is InChI=1S/C7H14N2O/c1-4-5(2)7(10)9-6(3)8/h5H,4H2,1-3H3,(H2,8,9,10). The Morgan fingerprint density at radius 3 is 2.50 bits per heavy atom. The molecule has 1 unspecified atom stereocenters. The van der Waals surface area contributed by atoms with Crippen LogP contribution in [0.2, 0.25) is 0 Å². The van der Waals surface area contributed by atoms with Crippen molar-refractivity contribution in [2.75, 3.05) is 0 Å². The Morgan fingerprint density at radius 1 is 1.70 bits per heavy atom. The van der Waals surface area contributed by atoms with Crippen molar-refractivity contribution in [1.29, 1.82) is 0 Å². The van der Waals surface area contributed by atoms with Crippen molar-refractivity contribution in [3.8, 4) is 0 Å². The smallest absolute Gasteiger partial charge is 0.250 e. The summed E-state index contributed by atoms with van der Waals surface area (Å²) in [6, 6.07) is 0. The lowest BCUT2D eigenvalue weighted by molar-refractivity contribution is -0.121. The van der Waals surface area contributed by atoms with Gasteiger partial charge >= 0.3 is 0 Å². The second kappa shape index (κ2) is 4.04. The molecule has 10 heavy (non-hydrogen) atoms. The minimum Gasteiger partial charge on any atom is -0.387 e. The maximum Gasteiger partial charge on any atom is 0.250 e. The molecule has 58 valence electrons. The van der Waals surface area contributed by atoms with E-state index >= 15 is 0 Å². The average Bonchev–Trinajstić information content (AvgIpc) is 1.85. The van der Waals surface area contributed by atoms with Gasteiger partial charge in [-0.2, -0.15) is 0 Å². The van der Waals surface area contributed by atoms with Crippen LogP contribution in [0.1, 0.15) is 27.2 Å².